The maximum atomic E-state index is 11.9. The third kappa shape index (κ3) is 5.49. The highest BCUT2D eigenvalue weighted by Gasteiger charge is 2.25. The number of carbonyl (C=O) groups is 1. The van der Waals surface area contributed by atoms with E-state index >= 15 is 0 Å². The summed E-state index contributed by atoms with van der Waals surface area (Å²) in [6.07, 6.45) is 2.00. The highest BCUT2D eigenvalue weighted by Crippen LogP contribution is 2.34. The third-order valence-electron chi connectivity index (χ3n) is 5.61. The summed E-state index contributed by atoms with van der Waals surface area (Å²) < 4.78 is 9.89. The van der Waals surface area contributed by atoms with E-state index in [4.69, 9.17) is 21.0 Å². The van der Waals surface area contributed by atoms with Gasteiger partial charge in [-0.3, -0.25) is 0 Å². The summed E-state index contributed by atoms with van der Waals surface area (Å²) in [4.78, 5) is 24.6. The van der Waals surface area contributed by atoms with E-state index in [1.807, 2.05) is 23.9 Å². The van der Waals surface area contributed by atoms with Crippen molar-refractivity contribution in [3.63, 3.8) is 0 Å². The molecule has 180 valence electrons. The summed E-state index contributed by atoms with van der Waals surface area (Å²) in [7, 11) is 0. The Morgan fingerprint density at radius 3 is 2.46 bits per heavy atom. The van der Waals surface area contributed by atoms with E-state index in [1.165, 1.54) is 4.90 Å². The van der Waals surface area contributed by atoms with E-state index in [9.17, 15) is 4.79 Å². The van der Waals surface area contributed by atoms with Crippen LogP contribution < -0.4 is 10.2 Å². The van der Waals surface area contributed by atoms with Gasteiger partial charge in [-0.15, -0.1) is 11.8 Å². The zero-order valence-corrected chi connectivity index (χ0v) is 20.6. The summed E-state index contributed by atoms with van der Waals surface area (Å²) in [6, 6.07) is 15.0. The number of rotatable bonds is 7. The number of thioether (sulfide) groups is 1. The molecular weight excluding hydrogens is 488 g/mol. The maximum absolute atomic E-state index is 11.9. The molecule has 0 spiro atoms. The number of benzene rings is 2. The van der Waals surface area contributed by atoms with Gasteiger partial charge in [0.2, 0.25) is 11.3 Å². The first-order valence-electron chi connectivity index (χ1n) is 11.3. The average Bonchev–Trinajstić information content (AvgIpc) is 3.34. The average molecular weight is 511 g/mol. The number of esters is 1. The van der Waals surface area contributed by atoms with Crippen LogP contribution in [0.3, 0.4) is 0 Å². The molecule has 1 N–H and O–H groups in total. The van der Waals surface area contributed by atoms with Crippen LogP contribution in [0.4, 0.5) is 17.3 Å². The van der Waals surface area contributed by atoms with Crippen molar-refractivity contribution in [2.24, 2.45) is 0 Å². The zero-order chi connectivity index (χ0) is 24.2. The lowest BCUT2D eigenvalue weighted by Crippen LogP contribution is -2.36. The molecule has 1 saturated heterocycles. The lowest BCUT2D eigenvalue weighted by atomic mass is 10.1. The molecule has 0 radical (unpaired) electrons. The van der Waals surface area contributed by atoms with Gasteiger partial charge in [0, 0.05) is 33.9 Å². The van der Waals surface area contributed by atoms with Gasteiger partial charge >= 0.3 is 5.97 Å². The SMILES string of the molecule is CCOC(=O)c1ccc(Nc2nc3nonc3nc2N2CCC(Sc3ccc(Cl)cc3)CC2)cc1. The van der Waals surface area contributed by atoms with Crippen LogP contribution in [0.25, 0.3) is 11.3 Å². The molecule has 9 nitrogen and oxygen atoms in total. The standard InChI is InChI=1S/C24H23ClN6O3S/c1-2-33-24(32)15-3-7-17(8-4-15)26-22-23(28-21-20(27-22)29-34-30-21)31-13-11-19(12-14-31)35-18-9-5-16(25)6-10-18/h3-10,19H,2,11-14H2,1H3,(H,26,27,29). The van der Waals surface area contributed by atoms with Crippen molar-refractivity contribution in [2.75, 3.05) is 29.9 Å². The van der Waals surface area contributed by atoms with Crippen molar-refractivity contribution < 1.29 is 14.2 Å². The van der Waals surface area contributed by atoms with Crippen LogP contribution in [0.1, 0.15) is 30.1 Å². The lowest BCUT2D eigenvalue weighted by Gasteiger charge is -2.33. The third-order valence-corrected chi connectivity index (χ3v) is 7.21. The molecule has 3 heterocycles. The monoisotopic (exact) mass is 510 g/mol. The van der Waals surface area contributed by atoms with E-state index in [1.54, 1.807) is 31.2 Å². The quantitative estimate of drug-likeness (QED) is 0.327. The fraction of sp³-hybridized carbons (Fsp3) is 0.292. The molecule has 0 bridgehead atoms. The van der Waals surface area contributed by atoms with Gasteiger partial charge in [0.15, 0.2) is 11.6 Å². The van der Waals surface area contributed by atoms with Gasteiger partial charge in [0.05, 0.1) is 12.2 Å². The minimum absolute atomic E-state index is 0.326. The fourth-order valence-corrected chi connectivity index (χ4v) is 5.12. The Bertz CT molecular complexity index is 1310. The Labute approximate surface area is 211 Å². The van der Waals surface area contributed by atoms with Crippen molar-refractivity contribution in [1.82, 2.24) is 20.3 Å². The van der Waals surface area contributed by atoms with E-state index in [2.05, 4.69) is 42.6 Å². The molecule has 5 rings (SSSR count). The number of hydrogen-bond donors (Lipinski definition) is 1. The van der Waals surface area contributed by atoms with Gasteiger partial charge < -0.3 is 15.0 Å². The lowest BCUT2D eigenvalue weighted by molar-refractivity contribution is 0.0526. The number of ether oxygens (including phenoxy) is 1. The Morgan fingerprint density at radius 2 is 1.77 bits per heavy atom. The fourth-order valence-electron chi connectivity index (χ4n) is 3.87. The molecule has 2 aromatic carbocycles. The van der Waals surface area contributed by atoms with Gasteiger partial charge in [-0.25, -0.2) is 19.4 Å². The van der Waals surface area contributed by atoms with Gasteiger partial charge in [-0.05, 0) is 78.6 Å². The number of nitrogens with zero attached hydrogens (tertiary/aromatic N) is 5. The molecule has 2 aromatic heterocycles. The second-order valence-electron chi connectivity index (χ2n) is 7.99. The number of nitrogens with one attached hydrogen (secondary N) is 1. The maximum Gasteiger partial charge on any atom is 0.338 e. The van der Waals surface area contributed by atoms with E-state index in [0.717, 1.165) is 36.6 Å². The molecule has 35 heavy (non-hydrogen) atoms. The predicted octanol–water partition coefficient (Wildman–Crippen LogP) is 5.35. The van der Waals surface area contributed by atoms with E-state index in [-0.39, 0.29) is 5.97 Å². The van der Waals surface area contributed by atoms with Gasteiger partial charge in [0.25, 0.3) is 0 Å². The van der Waals surface area contributed by atoms with Crippen LogP contribution in [0, 0.1) is 0 Å². The van der Waals surface area contributed by atoms with Gasteiger partial charge in [0.1, 0.15) is 0 Å². The molecular formula is C24H23ClN6O3S. The highest BCUT2D eigenvalue weighted by molar-refractivity contribution is 8.00. The Hall–Kier alpha value is -3.37. The topological polar surface area (TPSA) is 106 Å². The summed E-state index contributed by atoms with van der Waals surface area (Å²) in [6.45, 7) is 3.76. The van der Waals surface area contributed by atoms with Crippen LogP contribution >= 0.6 is 23.4 Å². The zero-order valence-electron chi connectivity index (χ0n) is 19.0. The first-order valence-corrected chi connectivity index (χ1v) is 12.6. The second-order valence-corrected chi connectivity index (χ2v) is 9.80. The minimum Gasteiger partial charge on any atom is -0.462 e. The summed E-state index contributed by atoms with van der Waals surface area (Å²) in [5, 5.41) is 12.3. The molecule has 0 aliphatic carbocycles. The normalized spacial score (nSPS) is 14.3. The van der Waals surface area contributed by atoms with Gasteiger partial charge in [-0.1, -0.05) is 11.6 Å². The summed E-state index contributed by atoms with van der Waals surface area (Å²) >= 11 is 7.89. The van der Waals surface area contributed by atoms with Crippen LogP contribution in [-0.4, -0.2) is 51.2 Å². The number of anilines is 3. The van der Waals surface area contributed by atoms with Crippen LogP contribution in [0.5, 0.6) is 0 Å². The molecule has 1 fully saturated rings. The highest BCUT2D eigenvalue weighted by atomic mass is 35.5. The largest absolute Gasteiger partial charge is 0.462 e. The molecule has 11 heteroatoms. The van der Waals surface area contributed by atoms with Crippen molar-refractivity contribution >= 4 is 57.9 Å². The van der Waals surface area contributed by atoms with Crippen molar-refractivity contribution in [1.29, 1.82) is 0 Å². The van der Waals surface area contributed by atoms with Crippen molar-refractivity contribution in [3.8, 4) is 0 Å². The van der Waals surface area contributed by atoms with Gasteiger partial charge in [-0.2, -0.15) is 0 Å². The van der Waals surface area contributed by atoms with Crippen molar-refractivity contribution in [2.45, 2.75) is 29.9 Å². The predicted molar refractivity (Wildman–Crippen MR) is 136 cm³/mol. The van der Waals surface area contributed by atoms with Crippen molar-refractivity contribution in [3.05, 3.63) is 59.1 Å². The molecule has 0 unspecified atom stereocenters. The number of aromatic nitrogens is 4. The molecule has 0 amide bonds. The van der Waals surface area contributed by atoms with Crippen LogP contribution in [0.15, 0.2) is 58.1 Å². The number of carbonyl (C=O) groups excluding carboxylic acids is 1. The Kier molecular flexibility index (Phi) is 7.01. The summed E-state index contributed by atoms with van der Waals surface area (Å²) in [5.41, 5.74) is 1.94. The first-order chi connectivity index (χ1) is 17.1. The number of fused-ring (bicyclic) bond motifs is 1. The second kappa shape index (κ2) is 10.5. The number of halogens is 1. The number of piperidine rings is 1. The minimum atomic E-state index is -0.353. The first kappa shape index (κ1) is 23.4. The smallest absolute Gasteiger partial charge is 0.338 e. The Morgan fingerprint density at radius 1 is 1.09 bits per heavy atom. The molecule has 4 aromatic rings. The van der Waals surface area contributed by atoms with Crippen LogP contribution in [0.2, 0.25) is 5.02 Å². The van der Waals surface area contributed by atoms with E-state index in [0.29, 0.717) is 40.4 Å². The Balaban J connectivity index is 1.32. The molecule has 1 aliphatic heterocycles. The molecule has 0 saturated carbocycles. The van der Waals surface area contributed by atoms with E-state index < -0.39 is 0 Å². The molecule has 0 atom stereocenters. The number of hydrogen-bond acceptors (Lipinski definition) is 10. The molecule has 1 aliphatic rings. The summed E-state index contributed by atoms with van der Waals surface area (Å²) in [5.74, 6) is 0.896. The van der Waals surface area contributed by atoms with Crippen LogP contribution in [-0.2, 0) is 4.74 Å².